The topological polar surface area (TPSA) is 60.2 Å². The van der Waals surface area contributed by atoms with Gasteiger partial charge in [-0.1, -0.05) is 6.07 Å². The molecule has 2 saturated heterocycles. The van der Waals surface area contributed by atoms with Gasteiger partial charge in [-0.05, 0) is 36.6 Å². The first-order valence-electron chi connectivity index (χ1n) is 9.32. The van der Waals surface area contributed by atoms with E-state index in [9.17, 15) is 9.90 Å². The lowest BCUT2D eigenvalue weighted by Crippen LogP contribution is -2.61. The van der Waals surface area contributed by atoms with Crippen LogP contribution in [0.5, 0.6) is 0 Å². The first-order chi connectivity index (χ1) is 12.4. The summed E-state index contributed by atoms with van der Waals surface area (Å²) in [5.74, 6) is 0.103. The van der Waals surface area contributed by atoms with Crippen LogP contribution in [-0.2, 0) is 6.54 Å². The van der Waals surface area contributed by atoms with Gasteiger partial charge in [0.1, 0.15) is 5.58 Å². The second kappa shape index (κ2) is 6.59. The van der Waals surface area contributed by atoms with Gasteiger partial charge in [0.15, 0.2) is 0 Å². The van der Waals surface area contributed by atoms with Crippen LogP contribution in [0.15, 0.2) is 34.9 Å². The molecule has 4 rings (SSSR count). The molecular weight excluding hydrogens is 330 g/mol. The first-order valence-corrected chi connectivity index (χ1v) is 9.32. The summed E-state index contributed by atoms with van der Waals surface area (Å²) in [6.45, 7) is 3.83. The maximum atomic E-state index is 12.3. The molecule has 2 aromatic rings. The van der Waals surface area contributed by atoms with Crippen LogP contribution in [0.3, 0.4) is 0 Å². The van der Waals surface area contributed by atoms with Crippen LogP contribution < -0.4 is 0 Å². The van der Waals surface area contributed by atoms with Gasteiger partial charge in [0.05, 0.1) is 11.9 Å². The number of carbonyl (C=O) groups excluding carboxylic acids is 1. The number of benzene rings is 1. The zero-order valence-corrected chi connectivity index (χ0v) is 15.5. The summed E-state index contributed by atoms with van der Waals surface area (Å²) in [5.41, 5.74) is 1.53. The molecule has 0 aliphatic carbocycles. The van der Waals surface area contributed by atoms with E-state index in [1.807, 2.05) is 17.0 Å². The molecule has 2 atom stereocenters. The highest BCUT2D eigenvalue weighted by molar-refractivity contribution is 5.77. The predicted molar refractivity (Wildman–Crippen MR) is 99.8 cm³/mol. The molecule has 2 amide bonds. The summed E-state index contributed by atoms with van der Waals surface area (Å²) in [6.07, 6.45) is 3.16. The van der Waals surface area contributed by atoms with Gasteiger partial charge in [0.2, 0.25) is 0 Å². The third-order valence-electron chi connectivity index (χ3n) is 5.93. The van der Waals surface area contributed by atoms with E-state index < -0.39 is 5.60 Å². The summed E-state index contributed by atoms with van der Waals surface area (Å²) < 4.78 is 5.41. The normalized spacial score (nSPS) is 26.7. The highest BCUT2D eigenvalue weighted by Gasteiger charge is 2.45. The maximum Gasteiger partial charge on any atom is 0.319 e. The van der Waals surface area contributed by atoms with Crippen LogP contribution in [0, 0.1) is 5.92 Å². The number of hydrogen-bond acceptors (Lipinski definition) is 4. The van der Waals surface area contributed by atoms with Crippen LogP contribution in [0.2, 0.25) is 0 Å². The summed E-state index contributed by atoms with van der Waals surface area (Å²) in [5, 5.41) is 12.2. The largest absolute Gasteiger partial charge is 0.464 e. The number of likely N-dealkylation sites (tertiary alicyclic amines) is 2. The zero-order valence-electron chi connectivity index (χ0n) is 15.5. The Labute approximate surface area is 154 Å². The number of furan rings is 1. The van der Waals surface area contributed by atoms with Gasteiger partial charge in [0, 0.05) is 58.1 Å². The van der Waals surface area contributed by atoms with Crippen LogP contribution in [0.1, 0.15) is 18.4 Å². The molecule has 26 heavy (non-hydrogen) atoms. The summed E-state index contributed by atoms with van der Waals surface area (Å²) in [7, 11) is 3.56. The number of nitrogens with zero attached hydrogens (tertiary/aromatic N) is 3. The van der Waals surface area contributed by atoms with Crippen molar-refractivity contribution in [3.8, 4) is 0 Å². The lowest BCUT2D eigenvalue weighted by atomic mass is 9.75. The molecule has 3 heterocycles. The molecular formula is C20H27N3O3. The SMILES string of the molecule is CN(C)C(=O)N1CC[C@@]2(O)CCN(Cc3ccc4occc4c3)C[C@H]2C1. The molecule has 6 nitrogen and oxygen atoms in total. The van der Waals surface area contributed by atoms with Crippen molar-refractivity contribution in [2.24, 2.45) is 5.92 Å². The molecule has 2 fully saturated rings. The third kappa shape index (κ3) is 3.19. The number of hydrogen-bond donors (Lipinski definition) is 1. The van der Waals surface area contributed by atoms with E-state index in [-0.39, 0.29) is 11.9 Å². The van der Waals surface area contributed by atoms with Crippen molar-refractivity contribution < 1.29 is 14.3 Å². The van der Waals surface area contributed by atoms with E-state index in [4.69, 9.17) is 4.42 Å². The molecule has 0 spiro atoms. The van der Waals surface area contributed by atoms with Gasteiger partial charge >= 0.3 is 6.03 Å². The lowest BCUT2D eigenvalue weighted by Gasteiger charge is -2.50. The fourth-order valence-electron chi connectivity index (χ4n) is 4.34. The highest BCUT2D eigenvalue weighted by atomic mass is 16.3. The van der Waals surface area contributed by atoms with Gasteiger partial charge < -0.3 is 19.3 Å². The highest BCUT2D eigenvalue weighted by Crippen LogP contribution is 2.36. The minimum atomic E-state index is -0.631. The first kappa shape index (κ1) is 17.4. The van der Waals surface area contributed by atoms with Crippen LogP contribution in [-0.4, -0.2) is 71.7 Å². The average molecular weight is 357 g/mol. The minimum absolute atomic E-state index is 0.0367. The van der Waals surface area contributed by atoms with Crippen molar-refractivity contribution in [1.82, 2.24) is 14.7 Å². The number of urea groups is 1. The van der Waals surface area contributed by atoms with Gasteiger partial charge in [-0.3, -0.25) is 4.90 Å². The van der Waals surface area contributed by atoms with E-state index in [0.717, 1.165) is 37.0 Å². The van der Waals surface area contributed by atoms with Gasteiger partial charge in [0.25, 0.3) is 0 Å². The van der Waals surface area contributed by atoms with Crippen molar-refractivity contribution >= 4 is 17.0 Å². The molecule has 1 aromatic carbocycles. The van der Waals surface area contributed by atoms with Crippen molar-refractivity contribution in [2.45, 2.75) is 25.0 Å². The second-order valence-corrected chi connectivity index (χ2v) is 7.95. The maximum absolute atomic E-state index is 12.3. The summed E-state index contributed by atoms with van der Waals surface area (Å²) in [6, 6.07) is 8.31. The van der Waals surface area contributed by atoms with E-state index in [2.05, 4.69) is 17.0 Å². The molecule has 0 radical (unpaired) electrons. The molecule has 2 aliphatic rings. The molecule has 1 N–H and O–H groups in total. The number of piperidine rings is 2. The molecule has 1 aromatic heterocycles. The van der Waals surface area contributed by atoms with E-state index in [0.29, 0.717) is 19.5 Å². The smallest absolute Gasteiger partial charge is 0.319 e. The Hall–Kier alpha value is -2.05. The molecule has 2 aliphatic heterocycles. The van der Waals surface area contributed by atoms with Crippen molar-refractivity contribution in [1.29, 1.82) is 0 Å². The Kier molecular flexibility index (Phi) is 4.40. The van der Waals surface area contributed by atoms with Crippen LogP contribution >= 0.6 is 0 Å². The number of amides is 2. The number of fused-ring (bicyclic) bond motifs is 2. The van der Waals surface area contributed by atoms with Gasteiger partial charge in [-0.2, -0.15) is 0 Å². The van der Waals surface area contributed by atoms with Gasteiger partial charge in [-0.15, -0.1) is 0 Å². The van der Waals surface area contributed by atoms with E-state index in [1.165, 1.54) is 5.56 Å². The van der Waals surface area contributed by atoms with Crippen LogP contribution in [0.4, 0.5) is 4.79 Å². The standard InChI is InChI=1S/C20H27N3O3/c1-21(2)19(24)23-9-7-20(25)6-8-22(13-17(20)14-23)12-15-3-4-18-16(11-15)5-10-26-18/h3-5,10-11,17,25H,6-9,12-14H2,1-2H3/t17-,20-/m0/s1. The predicted octanol–water partition coefficient (Wildman–Crippen LogP) is 2.37. The number of carbonyl (C=O) groups is 1. The van der Waals surface area contributed by atoms with E-state index in [1.54, 1.807) is 25.3 Å². The number of rotatable bonds is 2. The van der Waals surface area contributed by atoms with Gasteiger partial charge in [-0.25, -0.2) is 4.79 Å². The lowest BCUT2D eigenvalue weighted by molar-refractivity contribution is -0.108. The Morgan fingerprint density at radius 1 is 1.27 bits per heavy atom. The second-order valence-electron chi connectivity index (χ2n) is 7.95. The molecule has 6 heteroatoms. The van der Waals surface area contributed by atoms with E-state index >= 15 is 0 Å². The Bertz CT molecular complexity index is 802. The monoisotopic (exact) mass is 357 g/mol. The quantitative estimate of drug-likeness (QED) is 0.896. The summed E-state index contributed by atoms with van der Waals surface area (Å²) in [4.78, 5) is 18.2. The Morgan fingerprint density at radius 2 is 2.08 bits per heavy atom. The summed E-state index contributed by atoms with van der Waals surface area (Å²) >= 11 is 0. The zero-order chi connectivity index (χ0) is 18.3. The van der Waals surface area contributed by atoms with Crippen LogP contribution in [0.25, 0.3) is 11.0 Å². The fourth-order valence-corrected chi connectivity index (χ4v) is 4.34. The van der Waals surface area contributed by atoms with Crippen molar-refractivity contribution in [3.63, 3.8) is 0 Å². The van der Waals surface area contributed by atoms with Crippen molar-refractivity contribution in [2.75, 3.05) is 40.3 Å². The molecule has 0 bridgehead atoms. The Balaban J connectivity index is 1.44. The fraction of sp³-hybridized carbons (Fsp3) is 0.550. The molecule has 0 unspecified atom stereocenters. The third-order valence-corrected chi connectivity index (χ3v) is 5.93. The molecule has 140 valence electrons. The Morgan fingerprint density at radius 3 is 2.88 bits per heavy atom. The number of aliphatic hydroxyl groups is 1. The average Bonchev–Trinajstić information content (AvgIpc) is 3.08. The molecule has 0 saturated carbocycles. The van der Waals surface area contributed by atoms with Crippen molar-refractivity contribution in [3.05, 3.63) is 36.1 Å². The minimum Gasteiger partial charge on any atom is -0.464 e.